The molecular weight excluding hydrogens is 515 g/mol. The summed E-state index contributed by atoms with van der Waals surface area (Å²) in [6.07, 6.45) is -0.650. The van der Waals surface area contributed by atoms with Crippen molar-refractivity contribution < 1.29 is 32.2 Å². The van der Waals surface area contributed by atoms with E-state index < -0.39 is 18.1 Å². The van der Waals surface area contributed by atoms with Crippen molar-refractivity contribution in [2.45, 2.75) is 45.7 Å². The van der Waals surface area contributed by atoms with E-state index in [1.807, 2.05) is 18.2 Å². The van der Waals surface area contributed by atoms with Crippen molar-refractivity contribution in [2.75, 3.05) is 32.6 Å². The zero-order chi connectivity index (χ0) is 28.3. The van der Waals surface area contributed by atoms with Crippen LogP contribution < -0.4 is 25.4 Å². The van der Waals surface area contributed by atoms with Crippen molar-refractivity contribution in [1.29, 1.82) is 0 Å². The molecule has 1 aliphatic rings. The van der Waals surface area contributed by atoms with Gasteiger partial charge in [0, 0.05) is 19.2 Å². The molecule has 0 saturated carbocycles. The van der Waals surface area contributed by atoms with E-state index in [4.69, 9.17) is 9.47 Å². The highest BCUT2D eigenvalue weighted by Crippen LogP contribution is 2.29. The van der Waals surface area contributed by atoms with Crippen molar-refractivity contribution >= 4 is 11.8 Å². The Morgan fingerprint density at radius 3 is 2.36 bits per heavy atom. The number of nitrogens with zero attached hydrogens (tertiary/aromatic N) is 2. The maximum Gasteiger partial charge on any atom is 0.573 e. The Bertz CT molecular complexity index is 1190. The number of alkyl halides is 3. The van der Waals surface area contributed by atoms with Gasteiger partial charge in [0.25, 0.3) is 0 Å². The first kappa shape index (κ1) is 29.8. The number of amides is 2. The number of hydrogen-bond acceptors (Lipinski definition) is 6. The lowest BCUT2D eigenvalue weighted by atomic mass is 10.1. The number of carbonyl (C=O) groups excluding carboxylic acids is 1. The highest BCUT2D eigenvalue weighted by molar-refractivity contribution is 5.89. The van der Waals surface area contributed by atoms with Gasteiger partial charge < -0.3 is 24.8 Å². The van der Waals surface area contributed by atoms with Gasteiger partial charge in [0.1, 0.15) is 11.6 Å². The van der Waals surface area contributed by atoms with Gasteiger partial charge in [-0.25, -0.2) is 9.48 Å². The molecule has 3 N–H and O–H groups in total. The van der Waals surface area contributed by atoms with E-state index in [-0.39, 0.29) is 18.7 Å². The first-order valence-electron chi connectivity index (χ1n) is 12.5. The minimum Gasteiger partial charge on any atom is -0.480 e. The highest BCUT2D eigenvalue weighted by Gasteiger charge is 2.32. The SMILES string of the molecule is C1CCNCC1.COCc1ccc(OC(F)(F)F)c(CNC(=O)Nc2c(C)c(OC)nn2-c2ccccc2)c1. The number of aromatic nitrogens is 2. The average Bonchev–Trinajstić information content (AvgIpc) is 3.24. The van der Waals surface area contributed by atoms with Gasteiger partial charge in [0.15, 0.2) is 0 Å². The van der Waals surface area contributed by atoms with Crippen LogP contribution in [0, 0.1) is 6.92 Å². The van der Waals surface area contributed by atoms with Crippen molar-refractivity contribution in [1.82, 2.24) is 20.4 Å². The third kappa shape index (κ3) is 9.18. The second kappa shape index (κ2) is 14.4. The van der Waals surface area contributed by atoms with E-state index >= 15 is 0 Å². The lowest BCUT2D eigenvalue weighted by Crippen LogP contribution is -2.30. The first-order valence-corrected chi connectivity index (χ1v) is 12.5. The van der Waals surface area contributed by atoms with Crippen molar-refractivity contribution in [3.05, 3.63) is 65.2 Å². The van der Waals surface area contributed by atoms with Crippen LogP contribution in [-0.4, -0.2) is 49.5 Å². The number of anilines is 1. The number of piperidine rings is 1. The van der Waals surface area contributed by atoms with Gasteiger partial charge in [0.05, 0.1) is 25.0 Å². The lowest BCUT2D eigenvalue weighted by Gasteiger charge is -2.16. The topological polar surface area (TPSA) is 98.7 Å². The summed E-state index contributed by atoms with van der Waals surface area (Å²) < 4.78 is 54.2. The van der Waals surface area contributed by atoms with E-state index in [2.05, 4.69) is 25.8 Å². The number of benzene rings is 2. The van der Waals surface area contributed by atoms with Crippen LogP contribution in [0.3, 0.4) is 0 Å². The average molecular weight is 550 g/mol. The van der Waals surface area contributed by atoms with Crippen LogP contribution in [0.1, 0.15) is 36.0 Å². The predicted molar refractivity (Wildman–Crippen MR) is 141 cm³/mol. The third-order valence-corrected chi connectivity index (χ3v) is 5.81. The quantitative estimate of drug-likeness (QED) is 0.352. The number of ether oxygens (including phenoxy) is 3. The summed E-state index contributed by atoms with van der Waals surface area (Å²) in [5, 5.41) is 12.9. The summed E-state index contributed by atoms with van der Waals surface area (Å²) in [4.78, 5) is 12.6. The molecule has 0 spiro atoms. The Kier molecular flexibility index (Phi) is 11.0. The Morgan fingerprint density at radius 1 is 1.08 bits per heavy atom. The van der Waals surface area contributed by atoms with Gasteiger partial charge in [-0.15, -0.1) is 18.3 Å². The lowest BCUT2D eigenvalue weighted by molar-refractivity contribution is -0.274. The van der Waals surface area contributed by atoms with Crippen LogP contribution in [0.15, 0.2) is 48.5 Å². The first-order chi connectivity index (χ1) is 18.7. The summed E-state index contributed by atoms with van der Waals surface area (Å²) in [6.45, 7) is 4.20. The number of halogens is 3. The summed E-state index contributed by atoms with van der Waals surface area (Å²) in [7, 11) is 2.93. The van der Waals surface area contributed by atoms with Crippen LogP contribution in [0.25, 0.3) is 5.69 Å². The standard InChI is InChI=1S/C22H23F3N4O4.C5H11N/c1-14-19(29(28-20(14)32-3)17-7-5-4-6-8-17)27-21(30)26-12-16-11-15(13-31-2)9-10-18(16)33-22(23,24)25;1-2-4-6-5-3-1/h4-11H,12-13H2,1-3H3,(H2,26,27,30);6H,1-5H2. The fourth-order valence-corrected chi connectivity index (χ4v) is 3.95. The predicted octanol–water partition coefficient (Wildman–Crippen LogP) is 5.32. The monoisotopic (exact) mass is 549 g/mol. The molecule has 9 nitrogen and oxygen atoms in total. The zero-order valence-corrected chi connectivity index (χ0v) is 22.2. The molecule has 2 heterocycles. The second-order valence-electron chi connectivity index (χ2n) is 8.77. The van der Waals surface area contributed by atoms with Gasteiger partial charge in [-0.2, -0.15) is 0 Å². The Labute approximate surface area is 225 Å². The molecule has 0 aliphatic carbocycles. The molecule has 2 amide bonds. The molecule has 1 fully saturated rings. The smallest absolute Gasteiger partial charge is 0.480 e. The van der Waals surface area contributed by atoms with Gasteiger partial charge in [0.2, 0.25) is 5.88 Å². The number of hydrogen-bond donors (Lipinski definition) is 3. The molecule has 3 aromatic rings. The fraction of sp³-hybridized carbons (Fsp3) is 0.407. The molecule has 1 aliphatic heterocycles. The molecule has 0 radical (unpaired) electrons. The molecule has 1 aromatic heterocycles. The maximum atomic E-state index is 12.8. The number of carbonyl (C=O) groups is 1. The third-order valence-electron chi connectivity index (χ3n) is 5.81. The van der Waals surface area contributed by atoms with E-state index in [0.29, 0.717) is 28.5 Å². The summed E-state index contributed by atoms with van der Waals surface area (Å²) in [6, 6.07) is 12.6. The summed E-state index contributed by atoms with van der Waals surface area (Å²) >= 11 is 0. The molecule has 2 aromatic carbocycles. The minimum absolute atomic E-state index is 0.142. The molecule has 0 bridgehead atoms. The molecule has 39 heavy (non-hydrogen) atoms. The van der Waals surface area contributed by atoms with Gasteiger partial charge >= 0.3 is 12.4 Å². The number of para-hydroxylation sites is 1. The van der Waals surface area contributed by atoms with E-state index in [9.17, 15) is 18.0 Å². The summed E-state index contributed by atoms with van der Waals surface area (Å²) in [5.74, 6) is 0.271. The largest absolute Gasteiger partial charge is 0.573 e. The van der Waals surface area contributed by atoms with E-state index in [0.717, 1.165) is 0 Å². The molecule has 4 rings (SSSR count). The van der Waals surface area contributed by atoms with Crippen LogP contribution in [0.4, 0.5) is 23.8 Å². The van der Waals surface area contributed by atoms with E-state index in [1.54, 1.807) is 19.1 Å². The number of urea groups is 1. The fourth-order valence-electron chi connectivity index (χ4n) is 3.95. The summed E-state index contributed by atoms with van der Waals surface area (Å²) in [5.41, 5.74) is 2.04. The molecule has 0 unspecified atom stereocenters. The molecule has 1 saturated heterocycles. The van der Waals surface area contributed by atoms with Crippen molar-refractivity contribution in [3.63, 3.8) is 0 Å². The molecule has 0 atom stereocenters. The van der Waals surface area contributed by atoms with Gasteiger partial charge in [-0.3, -0.25) is 5.32 Å². The van der Waals surface area contributed by atoms with Gasteiger partial charge in [-0.05, 0) is 62.7 Å². The molecule has 12 heteroatoms. The number of nitrogens with one attached hydrogen (secondary N) is 3. The second-order valence-corrected chi connectivity index (χ2v) is 8.77. The highest BCUT2D eigenvalue weighted by atomic mass is 19.4. The van der Waals surface area contributed by atoms with Crippen LogP contribution >= 0.6 is 0 Å². The normalized spacial score (nSPS) is 13.2. The number of rotatable bonds is 8. The van der Waals surface area contributed by atoms with Crippen LogP contribution in [0.5, 0.6) is 11.6 Å². The maximum absolute atomic E-state index is 12.8. The Hall–Kier alpha value is -3.77. The van der Waals surface area contributed by atoms with Crippen molar-refractivity contribution in [3.8, 4) is 17.3 Å². The molecule has 212 valence electrons. The number of methoxy groups -OCH3 is 2. The minimum atomic E-state index is -4.87. The molecular formula is C27H34F3N5O4. The Balaban J connectivity index is 0.000000617. The van der Waals surface area contributed by atoms with Crippen LogP contribution in [-0.2, 0) is 17.9 Å². The van der Waals surface area contributed by atoms with E-state index in [1.165, 1.54) is 69.5 Å². The van der Waals surface area contributed by atoms with Crippen LogP contribution in [0.2, 0.25) is 0 Å². The van der Waals surface area contributed by atoms with Crippen molar-refractivity contribution in [2.24, 2.45) is 0 Å². The Morgan fingerprint density at radius 2 is 1.79 bits per heavy atom. The zero-order valence-electron chi connectivity index (χ0n) is 22.2. The van der Waals surface area contributed by atoms with Gasteiger partial charge in [-0.1, -0.05) is 30.7 Å².